The number of aryl methyl sites for hydroxylation is 1. The lowest BCUT2D eigenvalue weighted by atomic mass is 10.1. The van der Waals surface area contributed by atoms with Crippen molar-refractivity contribution >= 4 is 34.4 Å². The minimum atomic E-state index is 0.0660. The summed E-state index contributed by atoms with van der Waals surface area (Å²) < 4.78 is 1.01. The monoisotopic (exact) mass is 372 g/mol. The normalized spacial score (nSPS) is 15.5. The molecule has 0 aliphatic carbocycles. The van der Waals surface area contributed by atoms with Gasteiger partial charge in [-0.15, -0.1) is 0 Å². The molecule has 1 saturated heterocycles. The lowest BCUT2D eigenvalue weighted by Crippen LogP contribution is -2.50. The maximum absolute atomic E-state index is 12.5. The van der Waals surface area contributed by atoms with Crippen LogP contribution in [-0.4, -0.2) is 47.8 Å². The molecule has 19 heavy (non-hydrogen) atoms. The Morgan fingerprint density at radius 1 is 1.11 bits per heavy atom. The highest BCUT2D eigenvalue weighted by atomic mass is 127. The average Bonchev–Trinajstić information content (AvgIpc) is 2.41. The summed E-state index contributed by atoms with van der Waals surface area (Å²) >= 11 is 2.22. The van der Waals surface area contributed by atoms with Crippen molar-refractivity contribution in [3.8, 4) is 0 Å². The molecule has 2 rings (SSSR count). The van der Waals surface area contributed by atoms with Crippen LogP contribution in [0.1, 0.15) is 22.8 Å². The van der Waals surface area contributed by atoms with Gasteiger partial charge < -0.3 is 9.80 Å². The highest BCUT2D eigenvalue weighted by molar-refractivity contribution is 14.1. The molecule has 0 saturated carbocycles. The van der Waals surface area contributed by atoms with Gasteiger partial charge in [0, 0.05) is 36.7 Å². The summed E-state index contributed by atoms with van der Waals surface area (Å²) in [5.74, 6) is 0.147. The second kappa shape index (κ2) is 5.90. The van der Waals surface area contributed by atoms with Crippen molar-refractivity contribution in [1.29, 1.82) is 0 Å². The Bertz CT molecular complexity index is 508. The first-order valence-electron chi connectivity index (χ1n) is 6.30. The van der Waals surface area contributed by atoms with Crippen LogP contribution >= 0.6 is 22.6 Å². The lowest BCUT2D eigenvalue weighted by molar-refractivity contribution is -0.130. The number of carbonyl (C=O) groups excluding carboxylic acids is 2. The highest BCUT2D eigenvalue weighted by Crippen LogP contribution is 2.19. The predicted molar refractivity (Wildman–Crippen MR) is 82.1 cm³/mol. The zero-order valence-corrected chi connectivity index (χ0v) is 13.3. The minimum Gasteiger partial charge on any atom is -0.339 e. The van der Waals surface area contributed by atoms with E-state index in [2.05, 4.69) is 22.6 Å². The van der Waals surface area contributed by atoms with E-state index in [0.29, 0.717) is 26.2 Å². The fraction of sp³-hybridized carbons (Fsp3) is 0.429. The van der Waals surface area contributed by atoms with E-state index in [1.54, 1.807) is 11.8 Å². The Kier molecular flexibility index (Phi) is 4.44. The lowest BCUT2D eigenvalue weighted by Gasteiger charge is -2.34. The molecule has 0 atom stereocenters. The van der Waals surface area contributed by atoms with Crippen molar-refractivity contribution < 1.29 is 9.59 Å². The summed E-state index contributed by atoms with van der Waals surface area (Å²) in [6.45, 7) is 6.06. The Labute approximate surface area is 126 Å². The van der Waals surface area contributed by atoms with E-state index in [0.717, 1.165) is 14.7 Å². The summed E-state index contributed by atoms with van der Waals surface area (Å²) in [4.78, 5) is 27.3. The van der Waals surface area contributed by atoms with Crippen molar-refractivity contribution in [2.75, 3.05) is 26.2 Å². The van der Waals surface area contributed by atoms with Crippen molar-refractivity contribution in [3.63, 3.8) is 0 Å². The smallest absolute Gasteiger partial charge is 0.255 e. The summed E-state index contributed by atoms with van der Waals surface area (Å²) in [5.41, 5.74) is 1.88. The minimum absolute atomic E-state index is 0.0660. The van der Waals surface area contributed by atoms with Gasteiger partial charge in [-0.05, 0) is 41.1 Å². The molecule has 1 heterocycles. The molecule has 0 bridgehead atoms. The largest absolute Gasteiger partial charge is 0.339 e. The second-order valence-electron chi connectivity index (χ2n) is 4.73. The molecule has 1 aromatic carbocycles. The van der Waals surface area contributed by atoms with Gasteiger partial charge in [-0.1, -0.05) is 12.1 Å². The molecule has 0 spiro atoms. The SMILES string of the molecule is CC(=O)N1CCN(C(=O)c2cccc(C)c2I)CC1. The summed E-state index contributed by atoms with van der Waals surface area (Å²) in [6.07, 6.45) is 0. The third kappa shape index (κ3) is 3.08. The second-order valence-corrected chi connectivity index (χ2v) is 5.81. The summed E-state index contributed by atoms with van der Waals surface area (Å²) in [7, 11) is 0. The molecule has 0 N–H and O–H groups in total. The molecule has 102 valence electrons. The number of halogens is 1. The number of benzene rings is 1. The molecule has 0 unspecified atom stereocenters. The first kappa shape index (κ1) is 14.3. The van der Waals surface area contributed by atoms with Gasteiger partial charge in [-0.3, -0.25) is 9.59 Å². The van der Waals surface area contributed by atoms with Gasteiger partial charge in [0.2, 0.25) is 5.91 Å². The van der Waals surface area contributed by atoms with E-state index in [4.69, 9.17) is 0 Å². The van der Waals surface area contributed by atoms with Gasteiger partial charge in [0.05, 0.1) is 5.56 Å². The highest BCUT2D eigenvalue weighted by Gasteiger charge is 2.24. The van der Waals surface area contributed by atoms with E-state index in [9.17, 15) is 9.59 Å². The van der Waals surface area contributed by atoms with Crippen molar-refractivity contribution in [1.82, 2.24) is 9.80 Å². The van der Waals surface area contributed by atoms with Gasteiger partial charge in [0.1, 0.15) is 0 Å². The van der Waals surface area contributed by atoms with E-state index >= 15 is 0 Å². The standard InChI is InChI=1S/C14H17IN2O2/c1-10-4-3-5-12(13(10)15)14(19)17-8-6-16(7-9-17)11(2)18/h3-5H,6-9H2,1-2H3. The van der Waals surface area contributed by atoms with Crippen LogP contribution in [0.15, 0.2) is 18.2 Å². The Hall–Kier alpha value is -1.11. The molecule has 1 fully saturated rings. The summed E-state index contributed by atoms with van der Waals surface area (Å²) in [5, 5.41) is 0. The molecule has 0 aromatic heterocycles. The number of carbonyl (C=O) groups is 2. The maximum atomic E-state index is 12.5. The topological polar surface area (TPSA) is 40.6 Å². The molecule has 4 nitrogen and oxygen atoms in total. The fourth-order valence-electron chi connectivity index (χ4n) is 2.21. The number of amides is 2. The number of hydrogen-bond donors (Lipinski definition) is 0. The number of piperazine rings is 1. The Morgan fingerprint density at radius 3 is 2.26 bits per heavy atom. The van der Waals surface area contributed by atoms with Gasteiger partial charge in [0.25, 0.3) is 5.91 Å². The van der Waals surface area contributed by atoms with Crippen LogP contribution < -0.4 is 0 Å². The molecule has 1 aliphatic rings. The quantitative estimate of drug-likeness (QED) is 0.707. The number of rotatable bonds is 1. The van der Waals surface area contributed by atoms with Gasteiger partial charge in [0.15, 0.2) is 0 Å². The van der Waals surface area contributed by atoms with Crippen LogP contribution in [-0.2, 0) is 4.79 Å². The molecule has 0 radical (unpaired) electrons. The van der Waals surface area contributed by atoms with Crippen LogP contribution in [0.4, 0.5) is 0 Å². The van der Waals surface area contributed by atoms with Crippen LogP contribution in [0.5, 0.6) is 0 Å². The van der Waals surface area contributed by atoms with E-state index < -0.39 is 0 Å². The first-order chi connectivity index (χ1) is 9.00. The Morgan fingerprint density at radius 2 is 1.68 bits per heavy atom. The molecule has 5 heteroatoms. The molecule has 2 amide bonds. The van der Waals surface area contributed by atoms with Gasteiger partial charge in [-0.25, -0.2) is 0 Å². The fourth-order valence-corrected chi connectivity index (χ4v) is 2.80. The third-order valence-corrected chi connectivity index (χ3v) is 4.87. The van der Waals surface area contributed by atoms with Crippen LogP contribution in [0.2, 0.25) is 0 Å². The third-order valence-electron chi connectivity index (χ3n) is 3.43. The molecule has 1 aliphatic heterocycles. The summed E-state index contributed by atoms with van der Waals surface area (Å²) in [6, 6.07) is 5.79. The molecular formula is C14H17IN2O2. The van der Waals surface area contributed by atoms with Gasteiger partial charge >= 0.3 is 0 Å². The zero-order chi connectivity index (χ0) is 14.0. The number of hydrogen-bond acceptors (Lipinski definition) is 2. The van der Waals surface area contributed by atoms with E-state index in [1.807, 2.05) is 30.0 Å². The van der Waals surface area contributed by atoms with Crippen molar-refractivity contribution in [3.05, 3.63) is 32.9 Å². The van der Waals surface area contributed by atoms with Crippen LogP contribution in [0.3, 0.4) is 0 Å². The Balaban J connectivity index is 2.09. The van der Waals surface area contributed by atoms with Crippen LogP contribution in [0.25, 0.3) is 0 Å². The predicted octanol–water partition coefficient (Wildman–Crippen LogP) is 1.90. The van der Waals surface area contributed by atoms with Crippen molar-refractivity contribution in [2.24, 2.45) is 0 Å². The molecule has 1 aromatic rings. The first-order valence-corrected chi connectivity index (χ1v) is 7.38. The average molecular weight is 372 g/mol. The molecular weight excluding hydrogens is 355 g/mol. The van der Waals surface area contributed by atoms with E-state index in [-0.39, 0.29) is 11.8 Å². The van der Waals surface area contributed by atoms with E-state index in [1.165, 1.54) is 0 Å². The van der Waals surface area contributed by atoms with Crippen LogP contribution in [0, 0.1) is 10.5 Å². The van der Waals surface area contributed by atoms with Crippen molar-refractivity contribution in [2.45, 2.75) is 13.8 Å². The van der Waals surface area contributed by atoms with Gasteiger partial charge in [-0.2, -0.15) is 0 Å². The zero-order valence-electron chi connectivity index (χ0n) is 11.1. The maximum Gasteiger partial charge on any atom is 0.255 e. The number of nitrogens with zero attached hydrogens (tertiary/aromatic N) is 2.